The lowest BCUT2D eigenvalue weighted by molar-refractivity contribution is 0.869. The molecule has 4 nitrogen and oxygen atoms in total. The molecule has 0 aliphatic rings. The van der Waals surface area contributed by atoms with Gasteiger partial charge in [0.2, 0.25) is 0 Å². The zero-order chi connectivity index (χ0) is 15.4. The maximum Gasteiger partial charge on any atom is 0.0494 e. The van der Waals surface area contributed by atoms with Crippen LogP contribution in [0.15, 0.2) is 55.0 Å². The van der Waals surface area contributed by atoms with Crippen molar-refractivity contribution in [2.45, 2.75) is 13.5 Å². The summed E-state index contributed by atoms with van der Waals surface area (Å²) in [4.78, 5) is 7.37. The molecule has 0 bridgehead atoms. The number of nitrogens with zero attached hydrogens (tertiary/aromatic N) is 1. The van der Waals surface area contributed by atoms with Crippen LogP contribution in [0.4, 0.5) is 0 Å². The number of allylic oxidation sites excluding steroid dienone is 1. The molecule has 0 aliphatic carbocycles. The number of hydrogen-bond acceptors (Lipinski definition) is 3. The van der Waals surface area contributed by atoms with Crippen molar-refractivity contribution >= 4 is 22.7 Å². The largest absolute Gasteiger partial charge is 0.386 e. The Morgan fingerprint density at radius 1 is 1.27 bits per heavy atom. The van der Waals surface area contributed by atoms with Crippen molar-refractivity contribution in [3.63, 3.8) is 0 Å². The van der Waals surface area contributed by atoms with Crippen LogP contribution in [-0.2, 0) is 6.54 Å². The molecule has 0 amide bonds. The number of rotatable bonds is 5. The molecule has 1 aromatic carbocycles. The fourth-order valence-electron chi connectivity index (χ4n) is 2.44. The van der Waals surface area contributed by atoms with Crippen molar-refractivity contribution in [1.82, 2.24) is 15.3 Å². The molecule has 0 saturated heterocycles. The third-order valence-electron chi connectivity index (χ3n) is 3.66. The smallest absolute Gasteiger partial charge is 0.0494 e. The van der Waals surface area contributed by atoms with Gasteiger partial charge in [-0.25, -0.2) is 0 Å². The van der Waals surface area contributed by atoms with Gasteiger partial charge in [0.15, 0.2) is 0 Å². The van der Waals surface area contributed by atoms with Gasteiger partial charge < -0.3 is 15.7 Å². The Hall–Kier alpha value is -2.88. The van der Waals surface area contributed by atoms with E-state index in [1.54, 1.807) is 12.4 Å². The second-order valence-electron chi connectivity index (χ2n) is 5.20. The van der Waals surface area contributed by atoms with Gasteiger partial charge in [0.25, 0.3) is 0 Å². The Morgan fingerprint density at radius 2 is 2.09 bits per heavy atom. The van der Waals surface area contributed by atoms with Crippen molar-refractivity contribution in [1.29, 1.82) is 5.41 Å². The summed E-state index contributed by atoms with van der Waals surface area (Å²) in [5.41, 5.74) is 5.25. The number of hydrogen-bond donors (Lipinski definition) is 3. The zero-order valence-electron chi connectivity index (χ0n) is 12.4. The number of aromatic nitrogens is 2. The molecule has 4 heteroatoms. The molecule has 22 heavy (non-hydrogen) atoms. The molecule has 0 unspecified atom stereocenters. The standard InChI is InChI=1S/C18H18N4/c1-13-3-2-4-17-16(13)9-18(22-17)15(10-19)12-21-11-14-5-7-20-8-6-14/h2-10,12,19,21-22H,11H2,1H3/b15-12+,19-10?. The average molecular weight is 290 g/mol. The Labute approximate surface area is 129 Å². The van der Waals surface area contributed by atoms with E-state index < -0.39 is 0 Å². The highest BCUT2D eigenvalue weighted by Gasteiger charge is 2.05. The summed E-state index contributed by atoms with van der Waals surface area (Å²) >= 11 is 0. The van der Waals surface area contributed by atoms with Crippen LogP contribution in [0.2, 0.25) is 0 Å². The van der Waals surface area contributed by atoms with E-state index in [1.165, 1.54) is 17.2 Å². The minimum absolute atomic E-state index is 0.707. The van der Waals surface area contributed by atoms with Crippen LogP contribution in [-0.4, -0.2) is 16.2 Å². The Balaban J connectivity index is 1.81. The quantitative estimate of drug-likeness (QED) is 0.628. The van der Waals surface area contributed by atoms with Crippen LogP contribution < -0.4 is 5.32 Å². The molecule has 2 heterocycles. The van der Waals surface area contributed by atoms with E-state index >= 15 is 0 Å². The van der Waals surface area contributed by atoms with Crippen molar-refractivity contribution in [2.24, 2.45) is 0 Å². The minimum Gasteiger partial charge on any atom is -0.386 e. The van der Waals surface area contributed by atoms with Crippen LogP contribution in [0.1, 0.15) is 16.8 Å². The third-order valence-corrected chi connectivity index (χ3v) is 3.66. The Kier molecular flexibility index (Phi) is 4.01. The summed E-state index contributed by atoms with van der Waals surface area (Å²) in [7, 11) is 0. The number of benzene rings is 1. The van der Waals surface area contributed by atoms with Gasteiger partial charge in [-0.1, -0.05) is 12.1 Å². The Morgan fingerprint density at radius 3 is 2.82 bits per heavy atom. The zero-order valence-corrected chi connectivity index (χ0v) is 12.4. The highest BCUT2D eigenvalue weighted by atomic mass is 14.8. The lowest BCUT2D eigenvalue weighted by Gasteiger charge is -2.03. The normalized spacial score (nSPS) is 11.6. The van der Waals surface area contributed by atoms with E-state index in [4.69, 9.17) is 5.41 Å². The first-order valence-electron chi connectivity index (χ1n) is 7.19. The lowest BCUT2D eigenvalue weighted by atomic mass is 10.1. The van der Waals surface area contributed by atoms with E-state index in [-0.39, 0.29) is 0 Å². The molecular formula is C18H18N4. The molecule has 0 radical (unpaired) electrons. The topological polar surface area (TPSA) is 64.6 Å². The van der Waals surface area contributed by atoms with Crippen LogP contribution >= 0.6 is 0 Å². The third kappa shape index (κ3) is 2.91. The molecule has 3 N–H and O–H groups in total. The second-order valence-corrected chi connectivity index (χ2v) is 5.20. The maximum absolute atomic E-state index is 7.64. The summed E-state index contributed by atoms with van der Waals surface area (Å²) in [6.45, 7) is 2.80. The summed E-state index contributed by atoms with van der Waals surface area (Å²) in [6.07, 6.45) is 6.78. The fraction of sp³-hybridized carbons (Fsp3) is 0.111. The minimum atomic E-state index is 0.707. The summed E-state index contributed by atoms with van der Waals surface area (Å²) in [5, 5.41) is 12.1. The molecule has 2 aromatic heterocycles. The van der Waals surface area contributed by atoms with Gasteiger partial charge in [-0.15, -0.1) is 0 Å². The SMILES string of the molecule is Cc1cccc2[nH]c(/C(C=N)=C/NCc3ccncc3)cc12. The van der Waals surface area contributed by atoms with E-state index in [1.807, 2.05) is 24.4 Å². The number of aromatic amines is 1. The van der Waals surface area contributed by atoms with Crippen LogP contribution in [0.25, 0.3) is 16.5 Å². The Bertz CT molecular complexity index is 815. The summed E-state index contributed by atoms with van der Waals surface area (Å²) in [6, 6.07) is 12.2. The molecule has 0 spiro atoms. The molecule has 3 aromatic rings. The van der Waals surface area contributed by atoms with Gasteiger partial charge >= 0.3 is 0 Å². The predicted octanol–water partition coefficient (Wildman–Crippen LogP) is 3.65. The first kappa shape index (κ1) is 14.1. The number of aryl methyl sites for hydroxylation is 1. The number of pyridine rings is 1. The first-order valence-corrected chi connectivity index (χ1v) is 7.19. The van der Waals surface area contributed by atoms with E-state index in [9.17, 15) is 0 Å². The van der Waals surface area contributed by atoms with Gasteiger partial charge in [0.1, 0.15) is 0 Å². The molecule has 0 saturated carbocycles. The number of nitrogens with one attached hydrogen (secondary N) is 3. The molecule has 3 rings (SSSR count). The van der Waals surface area contributed by atoms with Crippen LogP contribution in [0.5, 0.6) is 0 Å². The molecular weight excluding hydrogens is 272 g/mol. The van der Waals surface area contributed by atoms with Crippen LogP contribution in [0.3, 0.4) is 0 Å². The van der Waals surface area contributed by atoms with E-state index in [2.05, 4.69) is 40.4 Å². The highest BCUT2D eigenvalue weighted by Crippen LogP contribution is 2.22. The second kappa shape index (κ2) is 6.26. The van der Waals surface area contributed by atoms with E-state index in [0.29, 0.717) is 6.54 Å². The lowest BCUT2D eigenvalue weighted by Crippen LogP contribution is -2.06. The van der Waals surface area contributed by atoms with Crippen molar-refractivity contribution < 1.29 is 0 Å². The fourth-order valence-corrected chi connectivity index (χ4v) is 2.44. The molecule has 0 fully saturated rings. The monoisotopic (exact) mass is 290 g/mol. The van der Waals surface area contributed by atoms with Gasteiger partial charge in [-0.2, -0.15) is 0 Å². The number of H-pyrrole nitrogens is 1. The highest BCUT2D eigenvalue weighted by molar-refractivity contribution is 6.09. The average Bonchev–Trinajstić information content (AvgIpc) is 2.98. The molecule has 0 aliphatic heterocycles. The first-order chi connectivity index (χ1) is 10.8. The summed E-state index contributed by atoms with van der Waals surface area (Å²) in [5.74, 6) is 0. The van der Waals surface area contributed by atoms with Gasteiger partial charge in [0, 0.05) is 53.5 Å². The number of fused-ring (bicyclic) bond motifs is 1. The van der Waals surface area contributed by atoms with E-state index in [0.717, 1.165) is 22.3 Å². The maximum atomic E-state index is 7.64. The van der Waals surface area contributed by atoms with Crippen molar-refractivity contribution in [3.8, 4) is 0 Å². The molecule has 110 valence electrons. The molecule has 0 atom stereocenters. The van der Waals surface area contributed by atoms with Gasteiger partial charge in [0.05, 0.1) is 0 Å². The van der Waals surface area contributed by atoms with Gasteiger partial charge in [-0.05, 0) is 42.3 Å². The van der Waals surface area contributed by atoms with Crippen molar-refractivity contribution in [2.75, 3.05) is 0 Å². The van der Waals surface area contributed by atoms with Crippen LogP contribution in [0, 0.1) is 12.3 Å². The van der Waals surface area contributed by atoms with Gasteiger partial charge in [-0.3, -0.25) is 4.98 Å². The predicted molar refractivity (Wildman–Crippen MR) is 90.9 cm³/mol. The summed E-state index contributed by atoms with van der Waals surface area (Å²) < 4.78 is 0. The van der Waals surface area contributed by atoms with Crippen molar-refractivity contribution in [3.05, 3.63) is 71.8 Å².